The van der Waals surface area contributed by atoms with Crippen molar-refractivity contribution in [1.29, 1.82) is 0 Å². The van der Waals surface area contributed by atoms with Gasteiger partial charge >= 0.3 is 6.18 Å². The van der Waals surface area contributed by atoms with E-state index in [1.165, 1.54) is 23.1 Å². The molecule has 144 valence electrons. The summed E-state index contributed by atoms with van der Waals surface area (Å²) < 4.78 is 41.6. The standard InChI is InChI=1S/C19H20F3N3O2/c1-11(2)25-17(26)9-8-16(23-25)12(3)18(27)14-7-6-13(24(4)5)10-15(14)19(20,21)22/h6-11H,3H2,1-2,4-5H3. The molecule has 1 aromatic carbocycles. The van der Waals surface area contributed by atoms with Crippen molar-refractivity contribution in [2.24, 2.45) is 0 Å². The molecule has 2 rings (SSSR count). The Hall–Kier alpha value is -2.90. The van der Waals surface area contributed by atoms with Gasteiger partial charge in [0.1, 0.15) is 0 Å². The van der Waals surface area contributed by atoms with Crippen molar-refractivity contribution in [2.45, 2.75) is 26.1 Å². The molecule has 0 atom stereocenters. The normalized spacial score (nSPS) is 11.6. The number of alkyl halides is 3. The number of carbonyl (C=O) groups excluding carboxylic acids is 1. The maximum Gasteiger partial charge on any atom is 0.417 e. The Labute approximate surface area is 154 Å². The molecule has 27 heavy (non-hydrogen) atoms. The second-order valence-corrected chi connectivity index (χ2v) is 6.52. The molecule has 0 aliphatic heterocycles. The summed E-state index contributed by atoms with van der Waals surface area (Å²) >= 11 is 0. The molecule has 2 aromatic rings. The molecule has 5 nitrogen and oxygen atoms in total. The molecule has 0 saturated heterocycles. The first-order chi connectivity index (χ1) is 12.4. The number of ketones is 1. The lowest BCUT2D eigenvalue weighted by Gasteiger charge is -2.18. The highest BCUT2D eigenvalue weighted by Crippen LogP contribution is 2.36. The lowest BCUT2D eigenvalue weighted by Crippen LogP contribution is -2.25. The molecular weight excluding hydrogens is 359 g/mol. The fraction of sp³-hybridized carbons (Fsp3) is 0.316. The second-order valence-electron chi connectivity index (χ2n) is 6.52. The number of hydrogen-bond acceptors (Lipinski definition) is 4. The zero-order chi connectivity index (χ0) is 20.5. The van der Waals surface area contributed by atoms with Gasteiger partial charge in [-0.05, 0) is 38.1 Å². The summed E-state index contributed by atoms with van der Waals surface area (Å²) in [5.74, 6) is -0.894. The average Bonchev–Trinajstić information content (AvgIpc) is 2.59. The van der Waals surface area contributed by atoms with E-state index in [1.807, 2.05) is 0 Å². The summed E-state index contributed by atoms with van der Waals surface area (Å²) in [6.45, 7) is 7.06. The van der Waals surface area contributed by atoms with Crippen LogP contribution in [0.15, 0.2) is 41.7 Å². The molecule has 0 amide bonds. The van der Waals surface area contributed by atoms with Crippen LogP contribution < -0.4 is 10.5 Å². The molecule has 0 spiro atoms. The first-order valence-electron chi connectivity index (χ1n) is 8.16. The van der Waals surface area contributed by atoms with Crippen molar-refractivity contribution in [3.05, 3.63) is 64.1 Å². The largest absolute Gasteiger partial charge is 0.417 e. The predicted molar refractivity (Wildman–Crippen MR) is 98.0 cm³/mol. The molecule has 0 bridgehead atoms. The van der Waals surface area contributed by atoms with Gasteiger partial charge in [-0.1, -0.05) is 6.58 Å². The number of rotatable bonds is 5. The second kappa shape index (κ2) is 7.38. The number of halogens is 3. The Kier molecular flexibility index (Phi) is 5.58. The molecule has 0 aliphatic carbocycles. The van der Waals surface area contributed by atoms with Crippen molar-refractivity contribution >= 4 is 17.0 Å². The van der Waals surface area contributed by atoms with E-state index < -0.39 is 23.1 Å². The zero-order valence-corrected chi connectivity index (χ0v) is 15.5. The minimum Gasteiger partial charge on any atom is -0.378 e. The van der Waals surface area contributed by atoms with Gasteiger partial charge in [-0.25, -0.2) is 4.68 Å². The lowest BCUT2D eigenvalue weighted by molar-refractivity contribution is -0.137. The first-order valence-corrected chi connectivity index (χ1v) is 8.16. The van der Waals surface area contributed by atoms with E-state index in [2.05, 4.69) is 11.7 Å². The smallest absolute Gasteiger partial charge is 0.378 e. The number of anilines is 1. The van der Waals surface area contributed by atoms with E-state index in [9.17, 15) is 22.8 Å². The molecule has 0 N–H and O–H groups in total. The minimum atomic E-state index is -4.71. The molecular formula is C19H20F3N3O2. The number of hydrogen-bond donors (Lipinski definition) is 0. The lowest BCUT2D eigenvalue weighted by atomic mass is 9.96. The van der Waals surface area contributed by atoms with Crippen molar-refractivity contribution in [3.63, 3.8) is 0 Å². The molecule has 0 fully saturated rings. The third kappa shape index (κ3) is 4.27. The molecule has 1 aromatic heterocycles. The summed E-state index contributed by atoms with van der Waals surface area (Å²) in [5.41, 5.74) is -1.78. The fourth-order valence-corrected chi connectivity index (χ4v) is 2.48. The van der Waals surface area contributed by atoms with Gasteiger partial charge in [0.15, 0.2) is 5.78 Å². The SMILES string of the molecule is C=C(C(=O)c1ccc(N(C)C)cc1C(F)(F)F)c1ccc(=O)n(C(C)C)n1. The topological polar surface area (TPSA) is 55.2 Å². The number of nitrogens with zero attached hydrogens (tertiary/aromatic N) is 3. The Morgan fingerprint density at radius 3 is 2.33 bits per heavy atom. The van der Waals surface area contributed by atoms with Crippen LogP contribution in [-0.2, 0) is 6.18 Å². The van der Waals surface area contributed by atoms with Crippen LogP contribution in [0.25, 0.3) is 5.57 Å². The quantitative estimate of drug-likeness (QED) is 0.586. The van der Waals surface area contributed by atoms with Gasteiger partial charge < -0.3 is 4.90 Å². The molecule has 0 radical (unpaired) electrons. The Balaban J connectivity index is 2.53. The Morgan fingerprint density at radius 1 is 1.19 bits per heavy atom. The van der Waals surface area contributed by atoms with Crippen LogP contribution in [-0.4, -0.2) is 29.7 Å². The molecule has 0 saturated carbocycles. The van der Waals surface area contributed by atoms with E-state index in [0.717, 1.165) is 16.8 Å². The highest BCUT2D eigenvalue weighted by molar-refractivity contribution is 6.28. The van der Waals surface area contributed by atoms with Gasteiger partial charge in [0, 0.05) is 37.0 Å². The van der Waals surface area contributed by atoms with Gasteiger partial charge in [-0.3, -0.25) is 9.59 Å². The highest BCUT2D eigenvalue weighted by Gasteiger charge is 2.36. The van der Waals surface area contributed by atoms with Crippen LogP contribution in [0.2, 0.25) is 0 Å². The Morgan fingerprint density at radius 2 is 1.81 bits per heavy atom. The van der Waals surface area contributed by atoms with E-state index in [0.29, 0.717) is 5.69 Å². The van der Waals surface area contributed by atoms with E-state index in [1.54, 1.807) is 27.9 Å². The predicted octanol–water partition coefficient (Wildman–Crippen LogP) is 3.81. The third-order valence-electron chi connectivity index (χ3n) is 3.97. The molecule has 8 heteroatoms. The van der Waals surface area contributed by atoms with Gasteiger partial charge in [-0.15, -0.1) is 0 Å². The maximum atomic E-state index is 13.5. The number of aromatic nitrogens is 2. The third-order valence-corrected chi connectivity index (χ3v) is 3.97. The van der Waals surface area contributed by atoms with Crippen molar-refractivity contribution in [3.8, 4) is 0 Å². The van der Waals surface area contributed by atoms with Crippen LogP contribution >= 0.6 is 0 Å². The highest BCUT2D eigenvalue weighted by atomic mass is 19.4. The van der Waals surface area contributed by atoms with Crippen molar-refractivity contribution in [2.75, 3.05) is 19.0 Å². The average molecular weight is 379 g/mol. The van der Waals surface area contributed by atoms with Crippen LogP contribution in [0.3, 0.4) is 0 Å². The van der Waals surface area contributed by atoms with Crippen molar-refractivity contribution < 1.29 is 18.0 Å². The van der Waals surface area contributed by atoms with E-state index >= 15 is 0 Å². The monoisotopic (exact) mass is 379 g/mol. The summed E-state index contributed by atoms with van der Waals surface area (Å²) in [4.78, 5) is 26.0. The van der Waals surface area contributed by atoms with Gasteiger partial charge in [-0.2, -0.15) is 18.3 Å². The summed E-state index contributed by atoms with van der Waals surface area (Å²) in [5, 5.41) is 4.05. The number of carbonyl (C=O) groups is 1. The summed E-state index contributed by atoms with van der Waals surface area (Å²) in [6, 6.07) is 5.69. The van der Waals surface area contributed by atoms with Crippen LogP contribution in [0.5, 0.6) is 0 Å². The summed E-state index contributed by atoms with van der Waals surface area (Å²) in [6.07, 6.45) is -4.71. The van der Waals surface area contributed by atoms with E-state index in [-0.39, 0.29) is 22.9 Å². The Bertz CT molecular complexity index is 944. The summed E-state index contributed by atoms with van der Waals surface area (Å²) in [7, 11) is 3.21. The zero-order valence-electron chi connectivity index (χ0n) is 15.5. The number of allylic oxidation sites excluding steroid dienone is 1. The maximum absolute atomic E-state index is 13.5. The molecule has 1 heterocycles. The minimum absolute atomic E-state index is 0.0538. The fourth-order valence-electron chi connectivity index (χ4n) is 2.48. The molecule has 0 unspecified atom stereocenters. The number of Topliss-reactive ketones (excluding diaryl/α,β-unsaturated/α-hetero) is 1. The van der Waals surface area contributed by atoms with Gasteiger partial charge in [0.2, 0.25) is 0 Å². The van der Waals surface area contributed by atoms with Crippen LogP contribution in [0, 0.1) is 0 Å². The molecule has 0 aliphatic rings. The van der Waals surface area contributed by atoms with Crippen LogP contribution in [0.4, 0.5) is 18.9 Å². The van der Waals surface area contributed by atoms with Crippen molar-refractivity contribution in [1.82, 2.24) is 9.78 Å². The number of benzene rings is 1. The first kappa shape index (κ1) is 20.4. The van der Waals surface area contributed by atoms with Crippen LogP contribution in [0.1, 0.15) is 41.5 Å². The van der Waals surface area contributed by atoms with Gasteiger partial charge in [0.25, 0.3) is 5.56 Å². The van der Waals surface area contributed by atoms with Gasteiger partial charge in [0.05, 0.1) is 17.3 Å². The van der Waals surface area contributed by atoms with E-state index in [4.69, 9.17) is 0 Å².